The summed E-state index contributed by atoms with van der Waals surface area (Å²) >= 11 is 6.94. The number of para-hydroxylation sites is 2. The first kappa shape index (κ1) is 22.6. The van der Waals surface area contributed by atoms with Gasteiger partial charge in [0.05, 0.1) is 18.0 Å². The van der Waals surface area contributed by atoms with E-state index in [2.05, 4.69) is 20.9 Å². The van der Waals surface area contributed by atoms with Crippen molar-refractivity contribution in [2.75, 3.05) is 23.1 Å². The summed E-state index contributed by atoms with van der Waals surface area (Å²) in [6, 6.07) is 20.8. The van der Waals surface area contributed by atoms with Crippen molar-refractivity contribution in [3.05, 3.63) is 72.9 Å². The number of carbonyl (C=O) groups excluding carboxylic acids is 1. The van der Waals surface area contributed by atoms with E-state index >= 15 is 0 Å². The summed E-state index contributed by atoms with van der Waals surface area (Å²) < 4.78 is 5.34. The third-order valence-electron chi connectivity index (χ3n) is 4.30. The van der Waals surface area contributed by atoms with Crippen molar-refractivity contribution in [1.82, 2.24) is 4.98 Å². The molecule has 2 aromatic carbocycles. The summed E-state index contributed by atoms with van der Waals surface area (Å²) in [7, 11) is 1.62. The highest BCUT2D eigenvalue weighted by molar-refractivity contribution is 8.00. The van der Waals surface area contributed by atoms with E-state index in [0.717, 1.165) is 16.3 Å². The average molecular weight is 453 g/mol. The van der Waals surface area contributed by atoms with Crippen molar-refractivity contribution >= 4 is 52.2 Å². The van der Waals surface area contributed by atoms with E-state index in [4.69, 9.17) is 17.0 Å². The van der Waals surface area contributed by atoms with Gasteiger partial charge >= 0.3 is 0 Å². The van der Waals surface area contributed by atoms with E-state index in [-0.39, 0.29) is 11.2 Å². The van der Waals surface area contributed by atoms with Crippen LogP contribution in [0.4, 0.5) is 17.2 Å². The first-order chi connectivity index (χ1) is 15.1. The lowest BCUT2D eigenvalue weighted by molar-refractivity contribution is -0.115. The zero-order chi connectivity index (χ0) is 22.1. The van der Waals surface area contributed by atoms with Gasteiger partial charge in [0.15, 0.2) is 5.11 Å². The van der Waals surface area contributed by atoms with Crippen molar-refractivity contribution < 1.29 is 9.53 Å². The third-order valence-corrected chi connectivity index (χ3v) is 5.87. The van der Waals surface area contributed by atoms with Crippen molar-refractivity contribution in [2.24, 2.45) is 0 Å². The van der Waals surface area contributed by atoms with Gasteiger partial charge in [0.1, 0.15) is 11.6 Å². The number of aromatic nitrogens is 1. The number of nitrogens with one attached hydrogen (secondary N) is 3. The number of nitrogens with zero attached hydrogens (tertiary/aromatic N) is 1. The molecular weight excluding hydrogens is 428 g/mol. The molecule has 0 aliphatic carbocycles. The first-order valence-electron chi connectivity index (χ1n) is 9.78. The summed E-state index contributed by atoms with van der Waals surface area (Å²) in [5, 5.41) is 9.41. The van der Waals surface area contributed by atoms with Crippen LogP contribution in [-0.2, 0) is 4.79 Å². The van der Waals surface area contributed by atoms with Crippen LogP contribution < -0.4 is 20.7 Å². The van der Waals surface area contributed by atoms with Crippen molar-refractivity contribution in [3.8, 4) is 5.75 Å². The van der Waals surface area contributed by atoms with Gasteiger partial charge in [-0.1, -0.05) is 31.2 Å². The monoisotopic (exact) mass is 452 g/mol. The quantitative estimate of drug-likeness (QED) is 0.312. The van der Waals surface area contributed by atoms with Crippen LogP contribution in [0, 0.1) is 0 Å². The highest BCUT2D eigenvalue weighted by Crippen LogP contribution is 2.29. The minimum Gasteiger partial charge on any atom is -0.495 e. The minimum absolute atomic E-state index is 0.0714. The lowest BCUT2D eigenvalue weighted by atomic mass is 10.3. The number of carbonyl (C=O) groups is 1. The van der Waals surface area contributed by atoms with Crippen molar-refractivity contribution in [3.63, 3.8) is 0 Å². The molecule has 1 heterocycles. The molecule has 31 heavy (non-hydrogen) atoms. The molecule has 3 rings (SSSR count). The fourth-order valence-electron chi connectivity index (χ4n) is 2.81. The van der Waals surface area contributed by atoms with Gasteiger partial charge in [-0.05, 0) is 61.1 Å². The Hall–Kier alpha value is -3.10. The molecule has 0 bridgehead atoms. The van der Waals surface area contributed by atoms with Gasteiger partial charge in [0.25, 0.3) is 0 Å². The number of thiocarbonyl (C=S) groups is 1. The molecule has 3 aromatic rings. The maximum Gasteiger partial charge on any atom is 0.239 e. The second kappa shape index (κ2) is 11.3. The molecule has 8 heteroatoms. The number of rotatable bonds is 8. The summed E-state index contributed by atoms with van der Waals surface area (Å²) in [5.41, 5.74) is 1.61. The first-order valence-corrected chi connectivity index (χ1v) is 11.1. The van der Waals surface area contributed by atoms with Crippen LogP contribution in [0.2, 0.25) is 0 Å². The average Bonchev–Trinajstić information content (AvgIpc) is 2.78. The molecule has 0 saturated heterocycles. The van der Waals surface area contributed by atoms with Crippen LogP contribution in [0.3, 0.4) is 0 Å². The van der Waals surface area contributed by atoms with Gasteiger partial charge in [0, 0.05) is 16.8 Å². The Kier molecular flexibility index (Phi) is 8.26. The largest absolute Gasteiger partial charge is 0.495 e. The molecule has 1 unspecified atom stereocenters. The van der Waals surface area contributed by atoms with Gasteiger partial charge in [-0.15, -0.1) is 11.8 Å². The Morgan fingerprint density at radius 3 is 2.61 bits per heavy atom. The van der Waals surface area contributed by atoms with E-state index in [0.29, 0.717) is 23.1 Å². The van der Waals surface area contributed by atoms with Crippen molar-refractivity contribution in [2.45, 2.75) is 23.5 Å². The zero-order valence-electron chi connectivity index (χ0n) is 17.3. The Labute approximate surface area is 191 Å². The number of amides is 1. The lowest BCUT2D eigenvalue weighted by Crippen LogP contribution is -2.25. The predicted octanol–water partition coefficient (Wildman–Crippen LogP) is 5.41. The predicted molar refractivity (Wildman–Crippen MR) is 132 cm³/mol. The molecule has 1 amide bonds. The van der Waals surface area contributed by atoms with Crippen LogP contribution in [0.25, 0.3) is 0 Å². The molecule has 0 saturated carbocycles. The van der Waals surface area contributed by atoms with Gasteiger partial charge in [-0.2, -0.15) is 0 Å². The fraction of sp³-hybridized carbons (Fsp3) is 0.174. The highest BCUT2D eigenvalue weighted by Gasteiger charge is 2.18. The number of hydrogen-bond donors (Lipinski definition) is 3. The van der Waals surface area contributed by atoms with E-state index in [1.165, 1.54) is 11.8 Å². The molecule has 160 valence electrons. The Morgan fingerprint density at radius 1 is 1.06 bits per heavy atom. The van der Waals surface area contributed by atoms with Crippen LogP contribution >= 0.6 is 24.0 Å². The minimum atomic E-state index is -0.240. The Morgan fingerprint density at radius 2 is 1.87 bits per heavy atom. The molecule has 0 aliphatic rings. The highest BCUT2D eigenvalue weighted by atomic mass is 32.2. The van der Waals surface area contributed by atoms with Crippen LogP contribution in [0.15, 0.2) is 77.8 Å². The van der Waals surface area contributed by atoms with Gasteiger partial charge < -0.3 is 20.7 Å². The standard InChI is InChI=1S/C23H24N4O2S2/c1-3-20(22(28)27-21-13-6-7-14-24-21)31-17-10-8-9-16(15-17)25-23(30)26-18-11-4-5-12-19(18)29-2/h4-15,20H,3H2,1-2H3,(H,24,27,28)(H2,25,26,30). The van der Waals surface area contributed by atoms with Crippen molar-refractivity contribution in [1.29, 1.82) is 0 Å². The maximum atomic E-state index is 12.6. The fourth-order valence-corrected chi connectivity index (χ4v) is 4.05. The second-order valence-electron chi connectivity index (χ2n) is 6.53. The van der Waals surface area contributed by atoms with Gasteiger partial charge in [0.2, 0.25) is 5.91 Å². The number of pyridine rings is 1. The molecule has 1 atom stereocenters. The Balaban J connectivity index is 1.62. The smallest absolute Gasteiger partial charge is 0.239 e. The summed E-state index contributed by atoms with van der Waals surface area (Å²) in [6.45, 7) is 1.99. The molecular formula is C23H24N4O2S2. The Bertz CT molecular complexity index is 1030. The summed E-state index contributed by atoms with van der Waals surface area (Å²) in [4.78, 5) is 17.8. The maximum absolute atomic E-state index is 12.6. The van der Waals surface area contributed by atoms with E-state index in [9.17, 15) is 4.79 Å². The summed E-state index contributed by atoms with van der Waals surface area (Å²) in [5.74, 6) is 1.19. The van der Waals surface area contributed by atoms with Crippen LogP contribution in [0.5, 0.6) is 5.75 Å². The van der Waals surface area contributed by atoms with Crippen LogP contribution in [-0.4, -0.2) is 28.4 Å². The number of benzene rings is 2. The number of thioether (sulfide) groups is 1. The molecule has 3 N–H and O–H groups in total. The SMILES string of the molecule is CCC(Sc1cccc(NC(=S)Nc2ccccc2OC)c1)C(=O)Nc1ccccn1. The summed E-state index contributed by atoms with van der Waals surface area (Å²) in [6.07, 6.45) is 2.34. The van der Waals surface area contributed by atoms with Gasteiger partial charge in [-0.3, -0.25) is 4.79 Å². The van der Waals surface area contributed by atoms with E-state index in [1.807, 2.05) is 67.6 Å². The zero-order valence-corrected chi connectivity index (χ0v) is 18.9. The molecule has 0 spiro atoms. The molecule has 0 radical (unpaired) electrons. The molecule has 0 aliphatic heterocycles. The lowest BCUT2D eigenvalue weighted by Gasteiger charge is -2.16. The second-order valence-corrected chi connectivity index (χ2v) is 8.21. The normalized spacial score (nSPS) is 11.3. The topological polar surface area (TPSA) is 75.3 Å². The van der Waals surface area contributed by atoms with Gasteiger partial charge in [-0.25, -0.2) is 4.98 Å². The van der Waals surface area contributed by atoms with E-state index < -0.39 is 0 Å². The van der Waals surface area contributed by atoms with E-state index in [1.54, 1.807) is 19.4 Å². The number of ether oxygens (including phenoxy) is 1. The molecule has 0 fully saturated rings. The molecule has 6 nitrogen and oxygen atoms in total. The number of anilines is 3. The number of methoxy groups -OCH3 is 1. The van der Waals surface area contributed by atoms with Crippen LogP contribution in [0.1, 0.15) is 13.3 Å². The number of hydrogen-bond acceptors (Lipinski definition) is 5. The third kappa shape index (κ3) is 6.70. The molecule has 1 aromatic heterocycles.